The molecule has 0 bridgehead atoms. The average Bonchev–Trinajstić information content (AvgIpc) is 3.18. The van der Waals surface area contributed by atoms with Crippen LogP contribution in [0.2, 0.25) is 0 Å². The van der Waals surface area contributed by atoms with Crippen LogP contribution >= 0.6 is 0 Å². The van der Waals surface area contributed by atoms with Gasteiger partial charge in [0.1, 0.15) is 0 Å². The third kappa shape index (κ3) is 3.23. The van der Waals surface area contributed by atoms with Crippen LogP contribution < -0.4 is 0 Å². The fourth-order valence-corrected chi connectivity index (χ4v) is 1.77. The predicted molar refractivity (Wildman–Crippen MR) is 83.5 cm³/mol. The molecule has 0 spiro atoms. The molecule has 0 saturated carbocycles. The summed E-state index contributed by atoms with van der Waals surface area (Å²) in [5.74, 6) is 0. The van der Waals surface area contributed by atoms with Crippen molar-refractivity contribution < 1.29 is 0 Å². The van der Waals surface area contributed by atoms with Gasteiger partial charge in [-0.25, -0.2) is 0 Å². The van der Waals surface area contributed by atoms with Gasteiger partial charge in [0.25, 0.3) is 0 Å². The normalized spacial score (nSPS) is 9.50. The van der Waals surface area contributed by atoms with Gasteiger partial charge in [-0.2, -0.15) is 0 Å². The Labute approximate surface area is 117 Å². The molecule has 0 atom stereocenters. The van der Waals surface area contributed by atoms with Gasteiger partial charge in [0.05, 0.1) is 11.0 Å². The van der Waals surface area contributed by atoms with Crippen molar-refractivity contribution >= 4 is 21.8 Å². The number of hydrogen-bond donors (Lipinski definition) is 2. The highest BCUT2D eigenvalue weighted by Crippen LogP contribution is 2.08. The van der Waals surface area contributed by atoms with E-state index in [4.69, 9.17) is 0 Å². The predicted octanol–water partition coefficient (Wildman–Crippen LogP) is 4.15. The molecule has 0 aliphatic rings. The first kappa shape index (κ1) is 13.8. The summed E-state index contributed by atoms with van der Waals surface area (Å²) in [6.45, 7) is 4.00. The zero-order valence-electron chi connectivity index (χ0n) is 11.7. The zero-order chi connectivity index (χ0) is 14.2. The quantitative estimate of drug-likeness (QED) is 0.502. The number of pyridine rings is 2. The van der Waals surface area contributed by atoms with Gasteiger partial charge in [0.2, 0.25) is 0 Å². The van der Waals surface area contributed by atoms with Crippen LogP contribution in [-0.2, 0) is 0 Å². The van der Waals surface area contributed by atoms with Gasteiger partial charge >= 0.3 is 0 Å². The van der Waals surface area contributed by atoms with Gasteiger partial charge in [-0.3, -0.25) is 9.97 Å². The van der Waals surface area contributed by atoms with Crippen LogP contribution in [0.1, 0.15) is 13.8 Å². The number of rotatable bonds is 0. The van der Waals surface area contributed by atoms with Crippen LogP contribution in [0.25, 0.3) is 21.8 Å². The maximum atomic E-state index is 4.11. The Morgan fingerprint density at radius 2 is 1.80 bits per heavy atom. The first-order valence-electron chi connectivity index (χ1n) is 6.68. The first-order chi connectivity index (χ1) is 9.93. The monoisotopic (exact) mass is 266 g/mol. The van der Waals surface area contributed by atoms with E-state index in [2.05, 4.69) is 19.9 Å². The molecule has 4 aromatic heterocycles. The van der Waals surface area contributed by atoms with Crippen molar-refractivity contribution in [1.82, 2.24) is 19.9 Å². The lowest BCUT2D eigenvalue weighted by atomic mass is 10.3. The molecule has 2 N–H and O–H groups in total. The van der Waals surface area contributed by atoms with Gasteiger partial charge in [-0.05, 0) is 24.3 Å². The fraction of sp³-hybridized carbons (Fsp3) is 0.125. The van der Waals surface area contributed by atoms with E-state index in [9.17, 15) is 0 Å². The maximum absolute atomic E-state index is 4.11. The second kappa shape index (κ2) is 7.09. The van der Waals surface area contributed by atoms with Crippen LogP contribution in [0.4, 0.5) is 0 Å². The van der Waals surface area contributed by atoms with Crippen molar-refractivity contribution in [3.05, 3.63) is 61.4 Å². The van der Waals surface area contributed by atoms with E-state index in [1.165, 1.54) is 5.39 Å². The highest BCUT2D eigenvalue weighted by Gasteiger charge is 1.88. The number of nitrogens with one attached hydrogen (secondary N) is 2. The molecule has 4 heteroatoms. The van der Waals surface area contributed by atoms with Crippen molar-refractivity contribution in [3.8, 4) is 0 Å². The topological polar surface area (TPSA) is 57.4 Å². The molecular formula is C16H18N4. The van der Waals surface area contributed by atoms with E-state index in [1.54, 1.807) is 12.4 Å². The summed E-state index contributed by atoms with van der Waals surface area (Å²) >= 11 is 0. The molecule has 20 heavy (non-hydrogen) atoms. The number of hydrogen-bond acceptors (Lipinski definition) is 2. The van der Waals surface area contributed by atoms with Gasteiger partial charge < -0.3 is 9.97 Å². The molecule has 0 radical (unpaired) electrons. The Balaban J connectivity index is 0.000000131. The Kier molecular flexibility index (Phi) is 4.89. The van der Waals surface area contributed by atoms with E-state index in [0.717, 1.165) is 16.4 Å². The van der Waals surface area contributed by atoms with Gasteiger partial charge in [0, 0.05) is 48.0 Å². The van der Waals surface area contributed by atoms with Crippen LogP contribution in [0.5, 0.6) is 0 Å². The van der Waals surface area contributed by atoms with Crippen LogP contribution in [0.15, 0.2) is 61.4 Å². The van der Waals surface area contributed by atoms with Gasteiger partial charge in [-0.15, -0.1) is 0 Å². The van der Waals surface area contributed by atoms with E-state index in [1.807, 2.05) is 62.9 Å². The first-order valence-corrected chi connectivity index (χ1v) is 6.68. The number of fused-ring (bicyclic) bond motifs is 2. The summed E-state index contributed by atoms with van der Waals surface area (Å²) in [7, 11) is 0. The molecule has 4 rings (SSSR count). The molecular weight excluding hydrogens is 248 g/mol. The lowest BCUT2D eigenvalue weighted by molar-refractivity contribution is 1.37. The van der Waals surface area contributed by atoms with E-state index < -0.39 is 0 Å². The maximum Gasteiger partial charge on any atom is 0.0878 e. The van der Waals surface area contributed by atoms with Crippen molar-refractivity contribution in [1.29, 1.82) is 0 Å². The Morgan fingerprint density at radius 1 is 0.950 bits per heavy atom. The summed E-state index contributed by atoms with van der Waals surface area (Å²) in [4.78, 5) is 14.1. The molecule has 0 saturated heterocycles. The van der Waals surface area contributed by atoms with E-state index in [-0.39, 0.29) is 0 Å². The van der Waals surface area contributed by atoms with Crippen molar-refractivity contribution in [2.45, 2.75) is 13.8 Å². The largest absolute Gasteiger partial charge is 0.366 e. The molecule has 0 amide bonds. The number of H-pyrrole nitrogens is 2. The number of aromatic nitrogens is 4. The summed E-state index contributed by atoms with van der Waals surface area (Å²) in [5.41, 5.74) is 2.12. The Morgan fingerprint density at radius 3 is 2.60 bits per heavy atom. The van der Waals surface area contributed by atoms with Gasteiger partial charge in [-0.1, -0.05) is 13.8 Å². The molecule has 4 heterocycles. The van der Waals surface area contributed by atoms with Crippen LogP contribution in [-0.4, -0.2) is 19.9 Å². The third-order valence-corrected chi connectivity index (χ3v) is 2.68. The molecule has 4 aromatic rings. The standard InChI is InChI=1S/2C7H6N2.C2H6/c1-2-8-4-7-5-9-3-6(1)7;1-2-6-7(8-4-1)3-5-9-6;1-2/h2*1-5,9H;1-2H3. The second-order valence-electron chi connectivity index (χ2n) is 3.87. The molecule has 0 aliphatic heterocycles. The van der Waals surface area contributed by atoms with Gasteiger partial charge in [0.15, 0.2) is 0 Å². The smallest absolute Gasteiger partial charge is 0.0878 e. The van der Waals surface area contributed by atoms with Crippen LogP contribution in [0, 0.1) is 0 Å². The highest BCUT2D eigenvalue weighted by molar-refractivity contribution is 5.80. The van der Waals surface area contributed by atoms with Crippen molar-refractivity contribution in [2.24, 2.45) is 0 Å². The minimum Gasteiger partial charge on any atom is -0.366 e. The van der Waals surface area contributed by atoms with Crippen molar-refractivity contribution in [2.75, 3.05) is 0 Å². The third-order valence-electron chi connectivity index (χ3n) is 2.68. The Hall–Kier alpha value is -2.62. The van der Waals surface area contributed by atoms with E-state index >= 15 is 0 Å². The summed E-state index contributed by atoms with van der Waals surface area (Å²) in [6.07, 6.45) is 11.2. The number of aromatic amines is 2. The molecule has 0 unspecified atom stereocenters. The molecule has 102 valence electrons. The minimum absolute atomic E-state index is 1.03. The molecule has 0 fully saturated rings. The van der Waals surface area contributed by atoms with Crippen LogP contribution in [0.3, 0.4) is 0 Å². The SMILES string of the molecule is CC.c1cc2c[nH]cc2cn1.c1cnc2cc[nH]c2c1. The van der Waals surface area contributed by atoms with Crippen molar-refractivity contribution in [3.63, 3.8) is 0 Å². The summed E-state index contributed by atoms with van der Waals surface area (Å²) < 4.78 is 0. The average molecular weight is 266 g/mol. The second-order valence-corrected chi connectivity index (χ2v) is 3.87. The lowest BCUT2D eigenvalue weighted by Gasteiger charge is -1.82. The number of nitrogens with zero attached hydrogens (tertiary/aromatic N) is 2. The molecule has 0 aromatic carbocycles. The summed E-state index contributed by atoms with van der Waals surface area (Å²) in [5, 5.41) is 2.38. The van der Waals surface area contributed by atoms with E-state index in [0.29, 0.717) is 0 Å². The molecule has 0 aliphatic carbocycles. The lowest BCUT2D eigenvalue weighted by Crippen LogP contribution is -1.68. The zero-order valence-corrected chi connectivity index (χ0v) is 11.7. The minimum atomic E-state index is 1.03. The molecule has 4 nitrogen and oxygen atoms in total. The summed E-state index contributed by atoms with van der Waals surface area (Å²) in [6, 6.07) is 7.85. The fourth-order valence-electron chi connectivity index (χ4n) is 1.77. The highest BCUT2D eigenvalue weighted by atomic mass is 14.7. The Bertz CT molecular complexity index is 628.